The van der Waals surface area contributed by atoms with Crippen LogP contribution in [0, 0.1) is 11.8 Å². The molecule has 7 nitrogen and oxygen atoms in total. The van der Waals surface area contributed by atoms with Crippen LogP contribution in [0.15, 0.2) is 27.2 Å². The largest absolute Gasteiger partial charge is 0.481 e. The molecule has 0 spiro atoms. The summed E-state index contributed by atoms with van der Waals surface area (Å²) in [5.41, 5.74) is 0. The highest BCUT2D eigenvalue weighted by molar-refractivity contribution is 5.71. The first-order chi connectivity index (χ1) is 9.63. The SMILES string of the molecule is C[C@@H]1CN(Cc2nnc(-c3ccco3)o2)C[C@H]1C(=O)O. The molecule has 1 aliphatic rings. The van der Waals surface area contributed by atoms with Crippen LogP contribution in [0.4, 0.5) is 0 Å². The van der Waals surface area contributed by atoms with Crippen molar-refractivity contribution in [1.29, 1.82) is 0 Å². The third-order valence-corrected chi connectivity index (χ3v) is 3.56. The van der Waals surface area contributed by atoms with E-state index >= 15 is 0 Å². The van der Waals surface area contributed by atoms with Crippen molar-refractivity contribution in [1.82, 2.24) is 15.1 Å². The lowest BCUT2D eigenvalue weighted by Gasteiger charge is -2.11. The van der Waals surface area contributed by atoms with E-state index in [1.54, 1.807) is 18.4 Å². The minimum absolute atomic E-state index is 0.125. The molecule has 2 atom stereocenters. The van der Waals surface area contributed by atoms with Crippen molar-refractivity contribution in [2.75, 3.05) is 13.1 Å². The van der Waals surface area contributed by atoms with E-state index in [4.69, 9.17) is 13.9 Å². The number of carboxylic acids is 1. The van der Waals surface area contributed by atoms with Crippen molar-refractivity contribution in [3.63, 3.8) is 0 Å². The van der Waals surface area contributed by atoms with Gasteiger partial charge in [0.25, 0.3) is 5.89 Å². The van der Waals surface area contributed by atoms with E-state index in [-0.39, 0.29) is 11.8 Å². The summed E-state index contributed by atoms with van der Waals surface area (Å²) < 4.78 is 10.7. The van der Waals surface area contributed by atoms with Crippen LogP contribution in [0.2, 0.25) is 0 Å². The Kier molecular flexibility index (Phi) is 3.27. The van der Waals surface area contributed by atoms with E-state index in [0.717, 1.165) is 6.54 Å². The maximum Gasteiger partial charge on any atom is 0.308 e. The van der Waals surface area contributed by atoms with Gasteiger partial charge in [-0.3, -0.25) is 9.69 Å². The lowest BCUT2D eigenvalue weighted by Crippen LogP contribution is -2.23. The van der Waals surface area contributed by atoms with E-state index in [1.807, 2.05) is 11.8 Å². The summed E-state index contributed by atoms with van der Waals surface area (Å²) >= 11 is 0. The fourth-order valence-electron chi connectivity index (χ4n) is 2.53. The van der Waals surface area contributed by atoms with Gasteiger partial charge < -0.3 is 13.9 Å². The highest BCUT2D eigenvalue weighted by Gasteiger charge is 2.35. The van der Waals surface area contributed by atoms with E-state index in [1.165, 1.54) is 0 Å². The molecule has 0 bridgehead atoms. The number of carboxylic acid groups (broad SMARTS) is 1. The Morgan fingerprint density at radius 3 is 3.00 bits per heavy atom. The quantitative estimate of drug-likeness (QED) is 0.904. The Labute approximate surface area is 115 Å². The zero-order valence-corrected chi connectivity index (χ0v) is 11.0. The maximum absolute atomic E-state index is 11.1. The van der Waals surface area contributed by atoms with E-state index < -0.39 is 5.97 Å². The van der Waals surface area contributed by atoms with Gasteiger partial charge in [0.2, 0.25) is 5.89 Å². The lowest BCUT2D eigenvalue weighted by atomic mass is 9.99. The van der Waals surface area contributed by atoms with Crippen molar-refractivity contribution in [3.8, 4) is 11.7 Å². The molecule has 20 heavy (non-hydrogen) atoms. The zero-order chi connectivity index (χ0) is 14.1. The molecule has 2 aromatic rings. The lowest BCUT2D eigenvalue weighted by molar-refractivity contribution is -0.142. The van der Waals surface area contributed by atoms with Crippen molar-refractivity contribution in [3.05, 3.63) is 24.3 Å². The van der Waals surface area contributed by atoms with Crippen LogP contribution in [-0.4, -0.2) is 39.3 Å². The number of likely N-dealkylation sites (tertiary alicyclic amines) is 1. The smallest absolute Gasteiger partial charge is 0.308 e. The van der Waals surface area contributed by atoms with Crippen LogP contribution in [0.3, 0.4) is 0 Å². The molecular weight excluding hydrogens is 262 g/mol. The number of hydrogen-bond donors (Lipinski definition) is 1. The molecule has 3 heterocycles. The van der Waals surface area contributed by atoms with Gasteiger partial charge in [-0.25, -0.2) is 0 Å². The van der Waals surface area contributed by atoms with E-state index in [2.05, 4.69) is 10.2 Å². The summed E-state index contributed by atoms with van der Waals surface area (Å²) in [4.78, 5) is 13.1. The minimum Gasteiger partial charge on any atom is -0.481 e. The predicted molar refractivity (Wildman–Crippen MR) is 67.6 cm³/mol. The van der Waals surface area contributed by atoms with Gasteiger partial charge in [-0.1, -0.05) is 6.92 Å². The van der Waals surface area contributed by atoms with Gasteiger partial charge >= 0.3 is 5.97 Å². The Morgan fingerprint density at radius 1 is 1.50 bits per heavy atom. The Balaban J connectivity index is 1.66. The van der Waals surface area contributed by atoms with Gasteiger partial charge in [0.05, 0.1) is 18.7 Å². The molecule has 0 saturated carbocycles. The van der Waals surface area contributed by atoms with Crippen LogP contribution in [0.25, 0.3) is 11.7 Å². The highest BCUT2D eigenvalue weighted by atomic mass is 16.4. The summed E-state index contributed by atoms with van der Waals surface area (Å²) in [5, 5.41) is 17.0. The van der Waals surface area contributed by atoms with Gasteiger partial charge in [0.15, 0.2) is 5.76 Å². The fourth-order valence-corrected chi connectivity index (χ4v) is 2.53. The molecule has 2 aromatic heterocycles. The number of nitrogens with zero attached hydrogens (tertiary/aromatic N) is 3. The van der Waals surface area contributed by atoms with Gasteiger partial charge in [-0.15, -0.1) is 10.2 Å². The third-order valence-electron chi connectivity index (χ3n) is 3.56. The normalized spacial score (nSPS) is 23.2. The van der Waals surface area contributed by atoms with Crippen molar-refractivity contribution < 1.29 is 18.7 Å². The summed E-state index contributed by atoms with van der Waals surface area (Å²) in [5.74, 6) is 0.382. The summed E-state index contributed by atoms with van der Waals surface area (Å²) in [6.45, 7) is 3.63. The molecular formula is C13H15N3O4. The highest BCUT2D eigenvalue weighted by Crippen LogP contribution is 2.25. The topological polar surface area (TPSA) is 92.6 Å². The Bertz CT molecular complexity index is 593. The van der Waals surface area contributed by atoms with Gasteiger partial charge in [-0.2, -0.15) is 0 Å². The first kappa shape index (κ1) is 12.9. The Hall–Kier alpha value is -2.15. The molecule has 0 unspecified atom stereocenters. The third kappa shape index (κ3) is 2.44. The molecule has 0 aromatic carbocycles. The number of carbonyl (C=O) groups is 1. The van der Waals surface area contributed by atoms with Gasteiger partial charge in [0, 0.05) is 13.1 Å². The standard InChI is InChI=1S/C13H15N3O4/c1-8-5-16(6-9(8)13(17)18)7-11-14-15-12(20-11)10-3-2-4-19-10/h2-4,8-9H,5-7H2,1H3,(H,17,18)/t8-,9-/m1/s1. The van der Waals surface area contributed by atoms with Crippen molar-refractivity contribution in [2.45, 2.75) is 13.5 Å². The predicted octanol–water partition coefficient (Wildman–Crippen LogP) is 1.48. The molecule has 7 heteroatoms. The van der Waals surface area contributed by atoms with E-state index in [0.29, 0.717) is 30.6 Å². The fraction of sp³-hybridized carbons (Fsp3) is 0.462. The summed E-state index contributed by atoms with van der Waals surface area (Å²) in [6, 6.07) is 3.49. The molecule has 106 valence electrons. The Morgan fingerprint density at radius 2 is 2.35 bits per heavy atom. The molecule has 1 saturated heterocycles. The second kappa shape index (κ2) is 5.09. The average Bonchev–Trinajstić information content (AvgIpc) is 3.09. The molecule has 1 aliphatic heterocycles. The van der Waals surface area contributed by atoms with Crippen LogP contribution >= 0.6 is 0 Å². The molecule has 3 rings (SSSR count). The number of aromatic nitrogens is 2. The molecule has 0 aliphatic carbocycles. The number of hydrogen-bond acceptors (Lipinski definition) is 6. The van der Waals surface area contributed by atoms with Crippen molar-refractivity contribution >= 4 is 5.97 Å². The summed E-state index contributed by atoms with van der Waals surface area (Å²) in [7, 11) is 0. The van der Waals surface area contributed by atoms with Crippen molar-refractivity contribution in [2.24, 2.45) is 11.8 Å². The monoisotopic (exact) mass is 277 g/mol. The first-order valence-corrected chi connectivity index (χ1v) is 6.45. The number of rotatable bonds is 4. The minimum atomic E-state index is -0.748. The number of furan rings is 1. The van der Waals surface area contributed by atoms with Gasteiger partial charge in [-0.05, 0) is 18.1 Å². The second-order valence-corrected chi connectivity index (χ2v) is 5.09. The van der Waals surface area contributed by atoms with E-state index in [9.17, 15) is 4.79 Å². The average molecular weight is 277 g/mol. The second-order valence-electron chi connectivity index (χ2n) is 5.09. The molecule has 1 fully saturated rings. The molecule has 0 radical (unpaired) electrons. The summed E-state index contributed by atoms with van der Waals surface area (Å²) in [6.07, 6.45) is 1.54. The van der Waals surface area contributed by atoms with Crippen LogP contribution in [0.5, 0.6) is 0 Å². The zero-order valence-electron chi connectivity index (χ0n) is 11.0. The maximum atomic E-state index is 11.1. The van der Waals surface area contributed by atoms with Gasteiger partial charge in [0.1, 0.15) is 0 Å². The molecule has 1 N–H and O–H groups in total. The van der Waals surface area contributed by atoms with Crippen LogP contribution in [-0.2, 0) is 11.3 Å². The van der Waals surface area contributed by atoms with Crippen LogP contribution < -0.4 is 0 Å². The first-order valence-electron chi connectivity index (χ1n) is 6.45. The number of aliphatic carboxylic acids is 1. The van der Waals surface area contributed by atoms with Crippen LogP contribution in [0.1, 0.15) is 12.8 Å². The molecule has 0 amide bonds.